The third-order valence-electron chi connectivity index (χ3n) is 7.56. The number of benzene rings is 3. The Morgan fingerprint density at radius 1 is 0.941 bits per heavy atom. The molecule has 1 amide bonds. The number of likely N-dealkylation sites (tertiary alicyclic amines) is 1. The summed E-state index contributed by atoms with van der Waals surface area (Å²) in [5.41, 5.74) is 5.90. The molecule has 1 saturated heterocycles. The van der Waals surface area contributed by atoms with Gasteiger partial charge in [-0.3, -0.25) is 9.69 Å². The second-order valence-corrected chi connectivity index (χ2v) is 9.56. The fourth-order valence-electron chi connectivity index (χ4n) is 5.70. The van der Waals surface area contributed by atoms with Crippen LogP contribution >= 0.6 is 0 Å². The number of carbonyl (C=O) groups is 1. The quantitative estimate of drug-likeness (QED) is 0.466. The second kappa shape index (κ2) is 10.4. The summed E-state index contributed by atoms with van der Waals surface area (Å²) < 4.78 is 5.61. The van der Waals surface area contributed by atoms with Crippen LogP contribution in [0.5, 0.6) is 5.75 Å². The maximum absolute atomic E-state index is 12.5. The van der Waals surface area contributed by atoms with Crippen LogP contribution in [-0.2, 0) is 12.8 Å². The van der Waals surface area contributed by atoms with Gasteiger partial charge in [0.05, 0.1) is 7.11 Å². The number of unbranched alkanes of at least 4 members (excludes halogenated alkanes) is 1. The van der Waals surface area contributed by atoms with Crippen molar-refractivity contribution in [2.75, 3.05) is 26.7 Å². The summed E-state index contributed by atoms with van der Waals surface area (Å²) in [7, 11) is 1.78. The molecule has 0 aromatic heterocycles. The van der Waals surface area contributed by atoms with Crippen LogP contribution in [0.25, 0.3) is 11.1 Å². The molecule has 1 heterocycles. The Morgan fingerprint density at radius 2 is 1.74 bits per heavy atom. The van der Waals surface area contributed by atoms with E-state index in [4.69, 9.17) is 4.74 Å². The van der Waals surface area contributed by atoms with Gasteiger partial charge in [0.2, 0.25) is 0 Å². The fourth-order valence-corrected chi connectivity index (χ4v) is 5.70. The number of ether oxygens (including phenoxy) is 1. The Kier molecular flexibility index (Phi) is 6.96. The topological polar surface area (TPSA) is 41.6 Å². The first-order valence-electron chi connectivity index (χ1n) is 12.6. The monoisotopic (exact) mass is 454 g/mol. The third kappa shape index (κ3) is 4.88. The lowest BCUT2D eigenvalue weighted by molar-refractivity contribution is 0.0952. The van der Waals surface area contributed by atoms with Crippen LogP contribution < -0.4 is 10.1 Å². The summed E-state index contributed by atoms with van der Waals surface area (Å²) in [6.07, 6.45) is 5.66. The third-order valence-corrected chi connectivity index (χ3v) is 7.56. The van der Waals surface area contributed by atoms with Crippen LogP contribution in [-0.4, -0.2) is 43.6 Å². The van der Waals surface area contributed by atoms with Crippen molar-refractivity contribution < 1.29 is 9.53 Å². The van der Waals surface area contributed by atoms with Gasteiger partial charge >= 0.3 is 0 Å². The molecule has 34 heavy (non-hydrogen) atoms. The predicted octanol–water partition coefficient (Wildman–Crippen LogP) is 5.36. The van der Waals surface area contributed by atoms with Gasteiger partial charge in [0, 0.05) is 18.2 Å². The minimum absolute atomic E-state index is 0.0127. The van der Waals surface area contributed by atoms with Crippen molar-refractivity contribution >= 4 is 5.91 Å². The highest BCUT2D eigenvalue weighted by molar-refractivity contribution is 5.94. The van der Waals surface area contributed by atoms with Crippen LogP contribution in [0.15, 0.2) is 72.8 Å². The van der Waals surface area contributed by atoms with E-state index in [0.717, 1.165) is 61.6 Å². The van der Waals surface area contributed by atoms with Crippen molar-refractivity contribution in [2.45, 2.75) is 38.1 Å². The largest absolute Gasteiger partial charge is 0.496 e. The zero-order chi connectivity index (χ0) is 23.3. The molecule has 1 N–H and O–H groups in total. The number of hydrogen-bond donors (Lipinski definition) is 1. The number of nitrogens with zero attached hydrogens (tertiary/aromatic N) is 1. The minimum atomic E-state index is 0.0127. The van der Waals surface area contributed by atoms with E-state index in [2.05, 4.69) is 40.5 Å². The number of nitrogens with one attached hydrogen (secondary N) is 1. The number of fused-ring (bicyclic) bond motifs is 2. The first kappa shape index (κ1) is 22.7. The Morgan fingerprint density at radius 3 is 2.53 bits per heavy atom. The zero-order valence-corrected chi connectivity index (χ0v) is 20.0. The average Bonchev–Trinajstić information content (AvgIpc) is 3.29. The Labute approximate surface area is 202 Å². The van der Waals surface area contributed by atoms with Gasteiger partial charge < -0.3 is 10.1 Å². The average molecular weight is 455 g/mol. The van der Waals surface area contributed by atoms with Crippen LogP contribution in [0.1, 0.15) is 40.7 Å². The maximum atomic E-state index is 12.5. The molecule has 1 fully saturated rings. The fraction of sp³-hybridized carbons (Fsp3) is 0.367. The zero-order valence-electron chi connectivity index (χ0n) is 20.0. The number of hydrogen-bond acceptors (Lipinski definition) is 3. The molecule has 3 aromatic rings. The smallest absolute Gasteiger partial charge is 0.251 e. The molecule has 0 radical (unpaired) electrons. The molecule has 1 aliphatic carbocycles. The van der Waals surface area contributed by atoms with Gasteiger partial charge in [-0.15, -0.1) is 0 Å². The molecular formula is C30H34N2O2. The molecular weight excluding hydrogens is 420 g/mol. The molecule has 5 rings (SSSR count). The summed E-state index contributed by atoms with van der Waals surface area (Å²) in [5.74, 6) is 1.81. The van der Waals surface area contributed by atoms with Gasteiger partial charge in [-0.05, 0) is 91.6 Å². The van der Waals surface area contributed by atoms with E-state index in [-0.39, 0.29) is 5.91 Å². The molecule has 1 aliphatic heterocycles. The molecule has 0 bridgehead atoms. The number of rotatable bonds is 8. The molecule has 0 saturated carbocycles. The number of methoxy groups -OCH3 is 1. The summed E-state index contributed by atoms with van der Waals surface area (Å²) in [6, 6.07) is 25.2. The highest BCUT2D eigenvalue weighted by atomic mass is 16.5. The van der Waals surface area contributed by atoms with Gasteiger partial charge in [0.25, 0.3) is 5.91 Å². The summed E-state index contributed by atoms with van der Waals surface area (Å²) >= 11 is 0. The first-order valence-corrected chi connectivity index (χ1v) is 12.6. The van der Waals surface area contributed by atoms with Gasteiger partial charge in [-0.2, -0.15) is 0 Å². The molecule has 176 valence electrons. The normalized spacial score (nSPS) is 19.3. The molecule has 2 unspecified atom stereocenters. The van der Waals surface area contributed by atoms with Crippen LogP contribution in [0.3, 0.4) is 0 Å². The number of amides is 1. The molecule has 3 aromatic carbocycles. The number of carbonyl (C=O) groups excluding carboxylic acids is 1. The molecule has 2 atom stereocenters. The van der Waals surface area contributed by atoms with Crippen molar-refractivity contribution in [3.05, 3.63) is 89.5 Å². The molecule has 2 aliphatic rings. The van der Waals surface area contributed by atoms with Gasteiger partial charge in [0.1, 0.15) is 5.75 Å². The second-order valence-electron chi connectivity index (χ2n) is 9.56. The van der Waals surface area contributed by atoms with Crippen molar-refractivity contribution in [3.8, 4) is 16.9 Å². The van der Waals surface area contributed by atoms with E-state index in [1.807, 2.05) is 42.5 Å². The van der Waals surface area contributed by atoms with Crippen molar-refractivity contribution in [1.82, 2.24) is 10.2 Å². The van der Waals surface area contributed by atoms with Crippen LogP contribution in [0, 0.1) is 5.92 Å². The molecule has 0 spiro atoms. The Bertz CT molecular complexity index is 1110. The van der Waals surface area contributed by atoms with E-state index in [0.29, 0.717) is 6.04 Å². The highest BCUT2D eigenvalue weighted by Crippen LogP contribution is 2.39. The standard InChI is InChI=1S/C30H34N2O2/c1-34-29-11-7-10-25-21-28-26(20-27(25)29)16-19-32(28)18-6-5-17-31-30(33)24-14-12-23(13-15-24)22-8-3-2-4-9-22/h2-4,7-15,26,28H,5-6,16-21H2,1H3,(H,31,33). The van der Waals surface area contributed by atoms with Crippen molar-refractivity contribution in [2.24, 2.45) is 5.92 Å². The van der Waals surface area contributed by atoms with Crippen molar-refractivity contribution in [1.29, 1.82) is 0 Å². The lowest BCUT2D eigenvalue weighted by Crippen LogP contribution is -2.39. The first-order chi connectivity index (χ1) is 16.7. The maximum Gasteiger partial charge on any atom is 0.251 e. The summed E-state index contributed by atoms with van der Waals surface area (Å²) in [5, 5.41) is 3.09. The Balaban J connectivity index is 1.06. The van der Waals surface area contributed by atoms with Crippen LogP contribution in [0.2, 0.25) is 0 Å². The van der Waals surface area contributed by atoms with Gasteiger partial charge in [0.15, 0.2) is 0 Å². The van der Waals surface area contributed by atoms with Gasteiger partial charge in [-0.25, -0.2) is 0 Å². The van der Waals surface area contributed by atoms with Crippen molar-refractivity contribution in [3.63, 3.8) is 0 Å². The molecule has 4 heteroatoms. The van der Waals surface area contributed by atoms with E-state index < -0.39 is 0 Å². The summed E-state index contributed by atoms with van der Waals surface area (Å²) in [6.45, 7) is 3.02. The predicted molar refractivity (Wildman–Crippen MR) is 137 cm³/mol. The van der Waals surface area contributed by atoms with Gasteiger partial charge in [-0.1, -0.05) is 54.6 Å². The molecule has 4 nitrogen and oxygen atoms in total. The highest BCUT2D eigenvalue weighted by Gasteiger charge is 2.38. The Hall–Kier alpha value is -3.11. The van der Waals surface area contributed by atoms with E-state index in [1.54, 1.807) is 7.11 Å². The lowest BCUT2D eigenvalue weighted by atomic mass is 9.80. The SMILES string of the molecule is COc1cccc2c1CC1CCN(CCCCNC(=O)c3ccc(-c4ccccc4)cc3)C1C2. The minimum Gasteiger partial charge on any atom is -0.496 e. The lowest BCUT2D eigenvalue weighted by Gasteiger charge is -2.33. The summed E-state index contributed by atoms with van der Waals surface area (Å²) in [4.78, 5) is 15.2. The van der Waals surface area contributed by atoms with E-state index in [9.17, 15) is 4.79 Å². The van der Waals surface area contributed by atoms with E-state index >= 15 is 0 Å². The van der Waals surface area contributed by atoms with E-state index in [1.165, 1.54) is 29.7 Å². The van der Waals surface area contributed by atoms with Crippen LogP contribution in [0.4, 0.5) is 0 Å².